The molecule has 0 saturated carbocycles. The molecule has 11 nitrogen and oxygen atoms in total. The highest BCUT2D eigenvalue weighted by atomic mass is 32.2. The zero-order chi connectivity index (χ0) is 30.5. The fourth-order valence-corrected chi connectivity index (χ4v) is 6.93. The van der Waals surface area contributed by atoms with E-state index in [-0.39, 0.29) is 19.0 Å². The fourth-order valence-electron chi connectivity index (χ4n) is 4.29. The maximum absolute atomic E-state index is 12.7. The Balaban J connectivity index is 1.25. The van der Waals surface area contributed by atoms with Gasteiger partial charge >= 0.3 is 16.3 Å². The van der Waals surface area contributed by atoms with Crippen molar-refractivity contribution in [3.8, 4) is 11.5 Å². The van der Waals surface area contributed by atoms with E-state index in [4.69, 9.17) is 14.5 Å². The molecule has 1 aliphatic rings. The predicted octanol–water partition coefficient (Wildman–Crippen LogP) is 6.57. The van der Waals surface area contributed by atoms with Crippen LogP contribution >= 0.6 is 23.1 Å². The average Bonchev–Trinajstić information content (AvgIpc) is 3.43. The predicted molar refractivity (Wildman–Crippen MR) is 166 cm³/mol. The summed E-state index contributed by atoms with van der Waals surface area (Å²) in [6.45, 7) is 5.54. The molecule has 0 aliphatic carbocycles. The number of benzene rings is 1. The van der Waals surface area contributed by atoms with E-state index in [9.17, 15) is 13.2 Å². The van der Waals surface area contributed by atoms with Gasteiger partial charge in [0.05, 0.1) is 5.69 Å². The van der Waals surface area contributed by atoms with Crippen LogP contribution in [0.3, 0.4) is 0 Å². The molecule has 226 valence electrons. The number of pyridine rings is 2. The first-order valence-electron chi connectivity index (χ1n) is 13.6. The van der Waals surface area contributed by atoms with Crippen molar-refractivity contribution in [2.75, 3.05) is 18.4 Å². The van der Waals surface area contributed by atoms with E-state index in [2.05, 4.69) is 15.3 Å². The monoisotopic (exact) mass is 640 g/mol. The number of aromatic nitrogens is 3. The lowest BCUT2D eigenvalue weighted by molar-refractivity contribution is 0.0566. The Morgan fingerprint density at radius 2 is 1.81 bits per heavy atom. The normalized spacial score (nSPS) is 14.7. The summed E-state index contributed by atoms with van der Waals surface area (Å²) in [4.78, 5) is 26.7. The van der Waals surface area contributed by atoms with Gasteiger partial charge in [-0.05, 0) is 57.9 Å². The van der Waals surface area contributed by atoms with Gasteiger partial charge in [-0.2, -0.15) is 12.7 Å². The van der Waals surface area contributed by atoms with E-state index in [0.717, 1.165) is 15.6 Å². The summed E-state index contributed by atoms with van der Waals surface area (Å²) >= 11 is 2.93. The van der Waals surface area contributed by atoms with E-state index in [1.165, 1.54) is 27.4 Å². The maximum atomic E-state index is 12.7. The third kappa shape index (κ3) is 8.66. The van der Waals surface area contributed by atoms with Crippen molar-refractivity contribution in [1.29, 1.82) is 0 Å². The van der Waals surface area contributed by atoms with Crippen LogP contribution in [0.4, 0.5) is 15.7 Å². The molecule has 2 N–H and O–H groups in total. The van der Waals surface area contributed by atoms with Gasteiger partial charge in [-0.25, -0.2) is 24.5 Å². The highest BCUT2D eigenvalue weighted by molar-refractivity contribution is 7.99. The number of hydrogen-bond donors (Lipinski definition) is 2. The number of anilines is 2. The second-order valence-corrected chi connectivity index (χ2v) is 14.3. The van der Waals surface area contributed by atoms with Crippen LogP contribution in [0.1, 0.15) is 45.2 Å². The number of nitrogens with zero attached hydrogens (tertiary/aromatic N) is 4. The molecular weight excluding hydrogens is 609 g/mol. The third-order valence-corrected chi connectivity index (χ3v) is 9.38. The number of rotatable bonds is 9. The van der Waals surface area contributed by atoms with Gasteiger partial charge in [0.15, 0.2) is 16.7 Å². The van der Waals surface area contributed by atoms with Crippen molar-refractivity contribution in [2.24, 2.45) is 0 Å². The first-order chi connectivity index (χ1) is 20.5. The van der Waals surface area contributed by atoms with Crippen LogP contribution in [-0.4, -0.2) is 52.5 Å². The Hall–Kier alpha value is -3.72. The standard InChI is InChI=1S/C29H32N6O5S3/c1-29(2,3)40-28(36)34-43(37,38)35-15-12-20(13-16-35)23-19-41-27(32-23)33-26-24(39-21-9-5-4-6-10-21)17-22(18-31-26)42-25-11-7-8-14-30-25/h4-11,14,17-20H,12-13,15-16H2,1-3H3,(H,34,36)(H,31,32,33). The zero-order valence-corrected chi connectivity index (χ0v) is 26.3. The van der Waals surface area contributed by atoms with Gasteiger partial charge in [0.2, 0.25) is 0 Å². The van der Waals surface area contributed by atoms with Crippen molar-refractivity contribution in [2.45, 2.75) is 55.1 Å². The Bertz CT molecular complexity index is 1640. The first kappa shape index (κ1) is 30.7. The Morgan fingerprint density at radius 1 is 1.07 bits per heavy atom. The minimum absolute atomic E-state index is 0.0740. The smallest absolute Gasteiger partial charge is 0.422 e. The molecule has 0 spiro atoms. The van der Waals surface area contributed by atoms with Gasteiger partial charge in [-0.1, -0.05) is 36.0 Å². The average molecular weight is 641 g/mol. The van der Waals surface area contributed by atoms with Gasteiger partial charge in [-0.15, -0.1) is 11.3 Å². The third-order valence-electron chi connectivity index (χ3n) is 6.23. The molecule has 0 atom stereocenters. The molecule has 0 radical (unpaired) electrons. The molecule has 1 aliphatic heterocycles. The number of nitrogens with one attached hydrogen (secondary N) is 2. The van der Waals surface area contributed by atoms with Crippen molar-refractivity contribution in [1.82, 2.24) is 24.0 Å². The largest absolute Gasteiger partial charge is 0.453 e. The van der Waals surface area contributed by atoms with Crippen LogP contribution < -0.4 is 14.8 Å². The number of thiazole rings is 1. The SMILES string of the molecule is CC(C)(C)OC(=O)NS(=O)(=O)N1CCC(c2csc(Nc3ncc(Sc4ccccn4)cc3Oc3ccccc3)n2)CC1. The molecule has 3 aromatic heterocycles. The van der Waals surface area contributed by atoms with Crippen LogP contribution in [-0.2, 0) is 14.9 Å². The van der Waals surface area contributed by atoms with Crippen molar-refractivity contribution in [3.63, 3.8) is 0 Å². The van der Waals surface area contributed by atoms with Crippen LogP contribution in [0.25, 0.3) is 0 Å². The van der Waals surface area contributed by atoms with E-state index < -0.39 is 21.9 Å². The number of carbonyl (C=O) groups excluding carboxylic acids is 1. The van der Waals surface area contributed by atoms with Gasteiger partial charge < -0.3 is 14.8 Å². The van der Waals surface area contributed by atoms with Crippen LogP contribution in [0.15, 0.2) is 82.3 Å². The Kier molecular flexibility index (Phi) is 9.49. The maximum Gasteiger partial charge on any atom is 0.422 e. The molecule has 1 saturated heterocycles. The number of amides is 1. The number of para-hydroxylation sites is 1. The summed E-state index contributed by atoms with van der Waals surface area (Å²) in [6.07, 6.45) is 3.65. The van der Waals surface area contributed by atoms with Gasteiger partial charge in [0.1, 0.15) is 16.4 Å². The lowest BCUT2D eigenvalue weighted by atomic mass is 9.95. The molecule has 1 amide bonds. The summed E-state index contributed by atoms with van der Waals surface area (Å²) < 4.78 is 39.9. The summed E-state index contributed by atoms with van der Waals surface area (Å²) in [7, 11) is -4.00. The number of ether oxygens (including phenoxy) is 2. The highest BCUT2D eigenvalue weighted by Gasteiger charge is 2.32. The Labute approximate surface area is 259 Å². The van der Waals surface area contributed by atoms with Gasteiger partial charge in [0, 0.05) is 47.7 Å². The van der Waals surface area contributed by atoms with E-state index in [1.54, 1.807) is 33.2 Å². The van der Waals surface area contributed by atoms with Crippen LogP contribution in [0, 0.1) is 0 Å². The number of carbonyl (C=O) groups is 1. The minimum atomic E-state index is -4.00. The summed E-state index contributed by atoms with van der Waals surface area (Å²) in [5.74, 6) is 1.81. The lowest BCUT2D eigenvalue weighted by Gasteiger charge is -2.30. The van der Waals surface area contributed by atoms with Crippen molar-refractivity contribution < 1.29 is 22.7 Å². The van der Waals surface area contributed by atoms with Crippen LogP contribution in [0.5, 0.6) is 11.5 Å². The van der Waals surface area contributed by atoms with Gasteiger partial charge in [-0.3, -0.25) is 0 Å². The van der Waals surface area contributed by atoms with E-state index >= 15 is 0 Å². The molecule has 4 heterocycles. The van der Waals surface area contributed by atoms with Gasteiger partial charge in [0.25, 0.3) is 0 Å². The molecule has 5 rings (SSSR count). The molecule has 0 bridgehead atoms. The second kappa shape index (κ2) is 13.3. The quantitative estimate of drug-likeness (QED) is 0.207. The number of piperidine rings is 1. The molecule has 1 aromatic carbocycles. The van der Waals surface area contributed by atoms with E-state index in [0.29, 0.717) is 35.3 Å². The summed E-state index contributed by atoms with van der Waals surface area (Å²) in [5, 5.41) is 6.76. The fraction of sp³-hybridized carbons (Fsp3) is 0.310. The lowest BCUT2D eigenvalue weighted by Crippen LogP contribution is -2.47. The molecule has 4 aromatic rings. The molecular formula is C29H32N6O5S3. The number of hydrogen-bond acceptors (Lipinski definition) is 11. The van der Waals surface area contributed by atoms with Crippen molar-refractivity contribution in [3.05, 3.63) is 78.1 Å². The minimum Gasteiger partial charge on any atom is -0.453 e. The molecule has 1 fully saturated rings. The van der Waals surface area contributed by atoms with Crippen LogP contribution in [0.2, 0.25) is 0 Å². The second-order valence-electron chi connectivity index (χ2n) is 10.7. The molecule has 0 unspecified atom stereocenters. The van der Waals surface area contributed by atoms with Crippen molar-refractivity contribution >= 4 is 50.4 Å². The summed E-state index contributed by atoms with van der Waals surface area (Å²) in [6, 6.07) is 17.1. The Morgan fingerprint density at radius 3 is 2.51 bits per heavy atom. The molecule has 14 heteroatoms. The zero-order valence-electron chi connectivity index (χ0n) is 23.9. The topological polar surface area (TPSA) is 136 Å². The molecule has 43 heavy (non-hydrogen) atoms. The summed E-state index contributed by atoms with van der Waals surface area (Å²) in [5.41, 5.74) is 0.0746. The first-order valence-corrected chi connectivity index (χ1v) is 16.7. The van der Waals surface area contributed by atoms with E-state index in [1.807, 2.05) is 64.7 Å². The highest BCUT2D eigenvalue weighted by Crippen LogP contribution is 2.37.